The van der Waals surface area contributed by atoms with Crippen LogP contribution < -0.4 is 4.90 Å². The minimum Gasteiger partial charge on any atom is -0.341 e. The summed E-state index contributed by atoms with van der Waals surface area (Å²) in [5, 5.41) is 0. The van der Waals surface area contributed by atoms with E-state index in [1.54, 1.807) is 0 Å². The maximum atomic E-state index is 2.43. The molecule has 106 valence electrons. The summed E-state index contributed by atoms with van der Waals surface area (Å²) < 4.78 is 0. The molecular weight excluding hydrogens is 242 g/mol. The van der Waals surface area contributed by atoms with Gasteiger partial charge in [-0.2, -0.15) is 0 Å². The molecule has 0 N–H and O–H groups in total. The maximum absolute atomic E-state index is 2.43. The zero-order chi connectivity index (χ0) is 14.4. The van der Waals surface area contributed by atoms with Crippen LogP contribution in [-0.4, -0.2) is 6.54 Å². The van der Waals surface area contributed by atoms with Crippen LogP contribution in [0, 0.1) is 13.8 Å². The minimum atomic E-state index is 1.08. The Morgan fingerprint density at radius 3 is 1.55 bits per heavy atom. The molecular formula is C19H25N. The molecule has 2 aromatic rings. The van der Waals surface area contributed by atoms with E-state index in [9.17, 15) is 0 Å². The molecule has 0 saturated carbocycles. The summed E-state index contributed by atoms with van der Waals surface area (Å²) in [5.41, 5.74) is 5.20. The second kappa shape index (κ2) is 7.14. The third-order valence-electron chi connectivity index (χ3n) is 3.68. The van der Waals surface area contributed by atoms with E-state index in [2.05, 4.69) is 74.2 Å². The minimum absolute atomic E-state index is 1.08. The van der Waals surface area contributed by atoms with Crippen LogP contribution in [0.25, 0.3) is 0 Å². The molecule has 0 saturated heterocycles. The molecule has 0 radical (unpaired) electrons. The van der Waals surface area contributed by atoms with Crippen LogP contribution in [0.4, 0.5) is 11.4 Å². The lowest BCUT2D eigenvalue weighted by atomic mass is 10.1. The van der Waals surface area contributed by atoms with Crippen molar-refractivity contribution in [2.45, 2.75) is 40.0 Å². The lowest BCUT2D eigenvalue weighted by molar-refractivity contribution is 0.716. The Bertz CT molecular complexity index is 465. The fourth-order valence-corrected chi connectivity index (χ4v) is 2.38. The van der Waals surface area contributed by atoms with E-state index in [-0.39, 0.29) is 0 Å². The van der Waals surface area contributed by atoms with Gasteiger partial charge in [0.15, 0.2) is 0 Å². The molecule has 0 aliphatic heterocycles. The Morgan fingerprint density at radius 1 is 0.700 bits per heavy atom. The summed E-state index contributed by atoms with van der Waals surface area (Å²) in [6.45, 7) is 7.61. The number of nitrogens with zero attached hydrogens (tertiary/aromatic N) is 1. The predicted molar refractivity (Wildman–Crippen MR) is 88.9 cm³/mol. The number of hydrogen-bond acceptors (Lipinski definition) is 1. The zero-order valence-corrected chi connectivity index (χ0v) is 12.9. The third kappa shape index (κ3) is 3.86. The van der Waals surface area contributed by atoms with Gasteiger partial charge in [0.25, 0.3) is 0 Å². The van der Waals surface area contributed by atoms with Gasteiger partial charge in [0.2, 0.25) is 0 Å². The van der Waals surface area contributed by atoms with E-state index >= 15 is 0 Å². The summed E-state index contributed by atoms with van der Waals surface area (Å²) in [7, 11) is 0. The summed E-state index contributed by atoms with van der Waals surface area (Å²) in [5.74, 6) is 0. The van der Waals surface area contributed by atoms with Gasteiger partial charge in [0, 0.05) is 17.9 Å². The van der Waals surface area contributed by atoms with Gasteiger partial charge < -0.3 is 4.90 Å². The average Bonchev–Trinajstić information content (AvgIpc) is 2.46. The van der Waals surface area contributed by atoms with Crippen molar-refractivity contribution in [3.05, 3.63) is 59.7 Å². The summed E-state index contributed by atoms with van der Waals surface area (Å²) >= 11 is 0. The van der Waals surface area contributed by atoms with Gasteiger partial charge >= 0.3 is 0 Å². The number of hydrogen-bond donors (Lipinski definition) is 0. The molecule has 0 bridgehead atoms. The summed E-state index contributed by atoms with van der Waals surface area (Å²) in [6.07, 6.45) is 3.78. The highest BCUT2D eigenvalue weighted by molar-refractivity contribution is 5.63. The molecule has 0 spiro atoms. The Morgan fingerprint density at radius 2 is 1.15 bits per heavy atom. The monoisotopic (exact) mass is 267 g/mol. The van der Waals surface area contributed by atoms with Crippen molar-refractivity contribution >= 4 is 11.4 Å². The van der Waals surface area contributed by atoms with E-state index < -0.39 is 0 Å². The molecule has 1 nitrogen and oxygen atoms in total. The van der Waals surface area contributed by atoms with Gasteiger partial charge in [-0.1, -0.05) is 55.2 Å². The molecule has 0 aliphatic carbocycles. The zero-order valence-electron chi connectivity index (χ0n) is 12.9. The molecule has 0 aromatic heterocycles. The van der Waals surface area contributed by atoms with Gasteiger partial charge in [-0.25, -0.2) is 0 Å². The van der Waals surface area contributed by atoms with Crippen molar-refractivity contribution in [2.75, 3.05) is 11.4 Å². The quantitative estimate of drug-likeness (QED) is 0.613. The fraction of sp³-hybridized carbons (Fsp3) is 0.368. The van der Waals surface area contributed by atoms with Crippen LogP contribution in [0.15, 0.2) is 48.5 Å². The highest BCUT2D eigenvalue weighted by Gasteiger charge is 2.08. The third-order valence-corrected chi connectivity index (χ3v) is 3.68. The first-order valence-corrected chi connectivity index (χ1v) is 7.61. The summed E-state index contributed by atoms with van der Waals surface area (Å²) in [6, 6.07) is 17.7. The highest BCUT2D eigenvalue weighted by atomic mass is 15.1. The van der Waals surface area contributed by atoms with Crippen molar-refractivity contribution in [2.24, 2.45) is 0 Å². The lowest BCUT2D eigenvalue weighted by Gasteiger charge is -2.25. The van der Waals surface area contributed by atoms with Crippen molar-refractivity contribution in [1.82, 2.24) is 0 Å². The fourth-order valence-electron chi connectivity index (χ4n) is 2.38. The normalized spacial score (nSPS) is 10.6. The largest absolute Gasteiger partial charge is 0.341 e. The first kappa shape index (κ1) is 14.6. The van der Waals surface area contributed by atoms with E-state index in [0.29, 0.717) is 0 Å². The Kier molecular flexibility index (Phi) is 5.23. The van der Waals surface area contributed by atoms with Crippen LogP contribution in [0.2, 0.25) is 0 Å². The van der Waals surface area contributed by atoms with Gasteiger partial charge in [0.1, 0.15) is 0 Å². The van der Waals surface area contributed by atoms with Crippen LogP contribution in [-0.2, 0) is 0 Å². The molecule has 0 amide bonds. The Balaban J connectivity index is 2.23. The Hall–Kier alpha value is -1.76. The first-order valence-electron chi connectivity index (χ1n) is 7.61. The molecule has 20 heavy (non-hydrogen) atoms. The number of unbranched alkanes of at least 4 members (excludes halogenated alkanes) is 2. The lowest BCUT2D eigenvalue weighted by Crippen LogP contribution is -2.18. The van der Waals surface area contributed by atoms with Crippen LogP contribution in [0.1, 0.15) is 37.3 Å². The van der Waals surface area contributed by atoms with Crippen molar-refractivity contribution < 1.29 is 0 Å². The molecule has 2 rings (SSSR count). The standard InChI is InChI=1S/C19H25N/c1-4-5-6-15-20(18-11-7-16(2)8-12-18)19-13-9-17(3)10-14-19/h7-14H,4-6,15H2,1-3H3. The van der Waals surface area contributed by atoms with Gasteiger partial charge in [-0.3, -0.25) is 0 Å². The molecule has 0 aliphatic rings. The molecule has 0 atom stereocenters. The van der Waals surface area contributed by atoms with Gasteiger partial charge in [0.05, 0.1) is 0 Å². The molecule has 0 unspecified atom stereocenters. The second-order valence-corrected chi connectivity index (χ2v) is 5.53. The van der Waals surface area contributed by atoms with Gasteiger partial charge in [-0.15, -0.1) is 0 Å². The molecule has 0 heterocycles. The van der Waals surface area contributed by atoms with Crippen LogP contribution >= 0.6 is 0 Å². The van der Waals surface area contributed by atoms with E-state index in [0.717, 1.165) is 6.54 Å². The van der Waals surface area contributed by atoms with Crippen molar-refractivity contribution in [3.63, 3.8) is 0 Å². The van der Waals surface area contributed by atoms with E-state index in [4.69, 9.17) is 0 Å². The molecule has 0 fully saturated rings. The number of benzene rings is 2. The smallest absolute Gasteiger partial charge is 0.0410 e. The van der Waals surface area contributed by atoms with Crippen molar-refractivity contribution in [3.8, 4) is 0 Å². The van der Waals surface area contributed by atoms with E-state index in [1.807, 2.05) is 0 Å². The van der Waals surface area contributed by atoms with Gasteiger partial charge in [-0.05, 0) is 44.5 Å². The van der Waals surface area contributed by atoms with E-state index in [1.165, 1.54) is 41.8 Å². The SMILES string of the molecule is CCCCCN(c1ccc(C)cc1)c1ccc(C)cc1. The topological polar surface area (TPSA) is 3.24 Å². The molecule has 1 heteroatoms. The van der Waals surface area contributed by atoms with Crippen LogP contribution in [0.3, 0.4) is 0 Å². The maximum Gasteiger partial charge on any atom is 0.0410 e. The number of rotatable bonds is 6. The van der Waals surface area contributed by atoms with Crippen molar-refractivity contribution in [1.29, 1.82) is 0 Å². The molecule has 2 aromatic carbocycles. The number of anilines is 2. The van der Waals surface area contributed by atoms with Crippen LogP contribution in [0.5, 0.6) is 0 Å². The highest BCUT2D eigenvalue weighted by Crippen LogP contribution is 2.26. The Labute approximate surface area is 123 Å². The predicted octanol–water partition coefficient (Wildman–Crippen LogP) is 5.63. The number of aryl methyl sites for hydroxylation is 2. The second-order valence-electron chi connectivity index (χ2n) is 5.53. The summed E-state index contributed by atoms with van der Waals surface area (Å²) in [4.78, 5) is 2.43. The first-order chi connectivity index (χ1) is 9.70. The average molecular weight is 267 g/mol.